The van der Waals surface area contributed by atoms with E-state index in [9.17, 15) is 33.9 Å². The number of rotatable bonds is 17. The third-order valence-corrected chi connectivity index (χ3v) is 7.80. The number of H-pyrrole nitrogens is 2. The summed E-state index contributed by atoms with van der Waals surface area (Å²) in [4.78, 5) is 81.4. The zero-order valence-electron chi connectivity index (χ0n) is 25.5. The van der Waals surface area contributed by atoms with Crippen molar-refractivity contribution in [2.75, 3.05) is 0 Å². The van der Waals surface area contributed by atoms with E-state index in [1.54, 1.807) is 18.5 Å². The van der Waals surface area contributed by atoms with Gasteiger partial charge in [-0.2, -0.15) is 0 Å². The summed E-state index contributed by atoms with van der Waals surface area (Å²) in [5.41, 5.74) is 19.4. The van der Waals surface area contributed by atoms with E-state index in [0.717, 1.165) is 21.8 Å². The van der Waals surface area contributed by atoms with Gasteiger partial charge in [0, 0.05) is 59.9 Å². The summed E-state index contributed by atoms with van der Waals surface area (Å²) in [5, 5.41) is 19.2. The highest BCUT2D eigenvalue weighted by molar-refractivity contribution is 5.95. The van der Waals surface area contributed by atoms with E-state index in [0.29, 0.717) is 11.1 Å². The zero-order valence-corrected chi connectivity index (χ0v) is 25.5. The molecular formula is C32H38N8O7. The van der Waals surface area contributed by atoms with Crippen molar-refractivity contribution < 1.29 is 33.9 Å². The zero-order chi connectivity index (χ0) is 34.1. The number of nitrogens with two attached hydrogens (primary N) is 3. The van der Waals surface area contributed by atoms with Crippen LogP contribution in [0.25, 0.3) is 21.8 Å². The fraction of sp³-hybridized carbons (Fsp3) is 0.312. The van der Waals surface area contributed by atoms with Crippen LogP contribution >= 0.6 is 0 Å². The van der Waals surface area contributed by atoms with Gasteiger partial charge in [0.1, 0.15) is 18.1 Å². The Morgan fingerprint density at radius 2 is 1.09 bits per heavy atom. The molecule has 0 aliphatic carbocycles. The number of aromatic amines is 2. The summed E-state index contributed by atoms with van der Waals surface area (Å²) in [5.74, 6) is -5.07. The Morgan fingerprint density at radius 3 is 1.62 bits per heavy atom. The Hall–Kier alpha value is -5.70. The molecule has 2 heterocycles. The molecule has 4 rings (SSSR count). The van der Waals surface area contributed by atoms with Crippen LogP contribution < -0.4 is 33.2 Å². The van der Waals surface area contributed by atoms with Crippen LogP contribution in [0.4, 0.5) is 0 Å². The van der Waals surface area contributed by atoms with Crippen molar-refractivity contribution in [3.05, 3.63) is 72.1 Å². The first kappa shape index (κ1) is 34.2. The summed E-state index contributed by atoms with van der Waals surface area (Å²) < 4.78 is 0. The third-order valence-electron chi connectivity index (χ3n) is 7.80. The summed E-state index contributed by atoms with van der Waals surface area (Å²) in [6.45, 7) is 0. The molecule has 2 aromatic carbocycles. The van der Waals surface area contributed by atoms with E-state index in [2.05, 4.69) is 25.9 Å². The molecular weight excluding hydrogens is 608 g/mol. The largest absolute Gasteiger partial charge is 0.480 e. The van der Waals surface area contributed by atoms with E-state index in [1.165, 1.54) is 0 Å². The van der Waals surface area contributed by atoms with E-state index in [1.807, 2.05) is 42.5 Å². The third kappa shape index (κ3) is 9.17. The van der Waals surface area contributed by atoms with Crippen molar-refractivity contribution in [3.63, 3.8) is 0 Å². The standard InChI is InChI=1S/C32H38N8O7/c33-21(9-11-27(34)41)29(43)39-25(13-17-15-36-22-7-3-1-5-19(17)22)31(45)38-24(10-12-28(35)42)30(44)40-26(32(46)47)14-18-16-37-23-8-4-2-6-20(18)23/h1-8,15-16,21,24-26,36-37H,9-14,33H2,(H2,34,41)(H2,35,42)(H,38,45)(H,39,43)(H,40,44)(H,46,47). The summed E-state index contributed by atoms with van der Waals surface area (Å²) in [7, 11) is 0. The lowest BCUT2D eigenvalue weighted by Gasteiger charge is -2.25. The van der Waals surface area contributed by atoms with Gasteiger partial charge in [0.25, 0.3) is 0 Å². The van der Waals surface area contributed by atoms with Crippen molar-refractivity contribution in [2.45, 2.75) is 62.7 Å². The Balaban J connectivity index is 1.55. The molecule has 47 heavy (non-hydrogen) atoms. The number of carboxylic acid groups (broad SMARTS) is 1. The Morgan fingerprint density at radius 1 is 0.638 bits per heavy atom. The van der Waals surface area contributed by atoms with Gasteiger partial charge < -0.3 is 48.2 Å². The second-order valence-corrected chi connectivity index (χ2v) is 11.3. The number of fused-ring (bicyclic) bond motifs is 2. The molecule has 0 bridgehead atoms. The number of aromatic nitrogens is 2. The molecule has 2 aromatic heterocycles. The first-order valence-corrected chi connectivity index (χ1v) is 15.0. The minimum absolute atomic E-state index is 0.0212. The summed E-state index contributed by atoms with van der Waals surface area (Å²) in [6, 6.07) is 9.42. The van der Waals surface area contributed by atoms with Gasteiger partial charge >= 0.3 is 5.97 Å². The number of carbonyl (C=O) groups excluding carboxylic acids is 5. The quantitative estimate of drug-likeness (QED) is 0.0741. The van der Waals surface area contributed by atoms with Crippen LogP contribution in [0.1, 0.15) is 36.8 Å². The smallest absolute Gasteiger partial charge is 0.326 e. The molecule has 0 saturated heterocycles. The molecule has 12 N–H and O–H groups in total. The van der Waals surface area contributed by atoms with Gasteiger partial charge in [-0.25, -0.2) is 4.79 Å². The van der Waals surface area contributed by atoms with Crippen molar-refractivity contribution in [2.24, 2.45) is 17.2 Å². The van der Waals surface area contributed by atoms with E-state index in [4.69, 9.17) is 17.2 Å². The predicted molar refractivity (Wildman–Crippen MR) is 172 cm³/mol. The second kappa shape index (κ2) is 15.5. The molecule has 5 amide bonds. The van der Waals surface area contributed by atoms with Gasteiger partial charge in [-0.1, -0.05) is 36.4 Å². The average molecular weight is 647 g/mol. The maximum absolute atomic E-state index is 13.7. The van der Waals surface area contributed by atoms with Gasteiger partial charge in [-0.3, -0.25) is 24.0 Å². The average Bonchev–Trinajstić information content (AvgIpc) is 3.64. The highest BCUT2D eigenvalue weighted by atomic mass is 16.4. The molecule has 248 valence electrons. The minimum atomic E-state index is -1.38. The number of hydrogen-bond acceptors (Lipinski definition) is 7. The Bertz CT molecular complexity index is 1780. The number of aliphatic carboxylic acids is 1. The number of nitrogens with one attached hydrogen (secondary N) is 5. The Labute approximate surface area is 269 Å². The molecule has 0 fully saturated rings. The summed E-state index contributed by atoms with van der Waals surface area (Å²) >= 11 is 0. The maximum atomic E-state index is 13.7. The van der Waals surface area contributed by atoms with Crippen LogP contribution in [0.5, 0.6) is 0 Å². The molecule has 0 aliphatic heterocycles. The lowest BCUT2D eigenvalue weighted by atomic mass is 10.0. The molecule has 0 aliphatic rings. The first-order valence-electron chi connectivity index (χ1n) is 15.0. The maximum Gasteiger partial charge on any atom is 0.326 e. The lowest BCUT2D eigenvalue weighted by Crippen LogP contribution is -2.58. The van der Waals surface area contributed by atoms with Crippen LogP contribution in [0.15, 0.2) is 60.9 Å². The van der Waals surface area contributed by atoms with Gasteiger partial charge in [0.05, 0.1) is 6.04 Å². The molecule has 0 radical (unpaired) electrons. The highest BCUT2D eigenvalue weighted by Gasteiger charge is 2.31. The molecule has 4 unspecified atom stereocenters. The van der Waals surface area contributed by atoms with Crippen molar-refractivity contribution >= 4 is 57.3 Å². The van der Waals surface area contributed by atoms with Gasteiger partial charge in [-0.05, 0) is 36.1 Å². The first-order chi connectivity index (χ1) is 22.4. The predicted octanol–water partition coefficient (Wildman–Crippen LogP) is -0.168. The molecule has 0 saturated carbocycles. The monoisotopic (exact) mass is 646 g/mol. The van der Waals surface area contributed by atoms with Crippen LogP contribution in [0.3, 0.4) is 0 Å². The number of amides is 5. The topological polar surface area (TPSA) is 268 Å². The number of para-hydroxylation sites is 2. The SMILES string of the molecule is NC(=O)CCC(N)C(=O)NC(Cc1c[nH]c2ccccc12)C(=O)NC(CCC(N)=O)C(=O)NC(Cc1c[nH]c2ccccc12)C(=O)O. The van der Waals surface area contributed by atoms with Gasteiger partial charge in [-0.15, -0.1) is 0 Å². The fourth-order valence-corrected chi connectivity index (χ4v) is 5.26. The molecule has 15 nitrogen and oxygen atoms in total. The van der Waals surface area contributed by atoms with Crippen LogP contribution in [-0.2, 0) is 41.6 Å². The van der Waals surface area contributed by atoms with E-state index >= 15 is 0 Å². The number of primary amides is 2. The molecule has 15 heteroatoms. The van der Waals surface area contributed by atoms with Crippen molar-refractivity contribution in [1.29, 1.82) is 0 Å². The van der Waals surface area contributed by atoms with Crippen LogP contribution in [0, 0.1) is 0 Å². The van der Waals surface area contributed by atoms with Crippen molar-refractivity contribution in [3.8, 4) is 0 Å². The van der Waals surface area contributed by atoms with E-state index < -0.39 is 59.7 Å². The normalized spacial score (nSPS) is 13.7. The summed E-state index contributed by atoms with van der Waals surface area (Å²) in [6.07, 6.45) is 2.52. The number of carbonyl (C=O) groups is 6. The van der Waals surface area contributed by atoms with Crippen LogP contribution in [0.2, 0.25) is 0 Å². The second-order valence-electron chi connectivity index (χ2n) is 11.3. The van der Waals surface area contributed by atoms with Gasteiger partial charge in [0.2, 0.25) is 29.5 Å². The fourth-order valence-electron chi connectivity index (χ4n) is 5.26. The lowest BCUT2D eigenvalue weighted by molar-refractivity contribution is -0.142. The number of hydrogen-bond donors (Lipinski definition) is 9. The van der Waals surface area contributed by atoms with E-state index in [-0.39, 0.29) is 38.5 Å². The molecule has 4 atom stereocenters. The molecule has 4 aromatic rings. The van der Waals surface area contributed by atoms with Crippen LogP contribution in [-0.4, -0.2) is 74.7 Å². The highest BCUT2D eigenvalue weighted by Crippen LogP contribution is 2.21. The minimum Gasteiger partial charge on any atom is -0.480 e. The van der Waals surface area contributed by atoms with Crippen molar-refractivity contribution in [1.82, 2.24) is 25.9 Å². The number of carboxylic acids is 1. The number of benzene rings is 2. The molecule has 0 spiro atoms. The van der Waals surface area contributed by atoms with Gasteiger partial charge in [0.15, 0.2) is 0 Å². The Kier molecular flexibility index (Phi) is 11.3.